The third kappa shape index (κ3) is 3.12. The molecule has 0 unspecified atom stereocenters. The first-order chi connectivity index (χ1) is 12.7. The van der Waals surface area contributed by atoms with Gasteiger partial charge in [-0.1, -0.05) is 60.7 Å². The number of rotatable bonds is 5. The van der Waals surface area contributed by atoms with Crippen LogP contribution < -0.4 is 11.2 Å². The summed E-state index contributed by atoms with van der Waals surface area (Å²) in [5.41, 5.74) is 2.62. The minimum absolute atomic E-state index is 0.0670. The van der Waals surface area contributed by atoms with E-state index < -0.39 is 5.69 Å². The Morgan fingerprint density at radius 3 is 2.38 bits per heavy atom. The third-order valence-corrected chi connectivity index (χ3v) is 5.09. The Morgan fingerprint density at radius 2 is 1.65 bits per heavy atom. The molecule has 26 heavy (non-hydrogen) atoms. The lowest BCUT2D eigenvalue weighted by Gasteiger charge is -2.10. The summed E-state index contributed by atoms with van der Waals surface area (Å²) in [6.45, 7) is 0.455. The molecule has 0 aliphatic rings. The van der Waals surface area contributed by atoms with Crippen LogP contribution in [0, 0.1) is 0 Å². The number of fused-ring (bicyclic) bond motifs is 1. The first-order valence-electron chi connectivity index (χ1n) is 8.15. The number of H-pyrrole nitrogens is 1. The molecule has 2 aromatic heterocycles. The van der Waals surface area contributed by atoms with Crippen molar-refractivity contribution >= 4 is 21.6 Å². The van der Waals surface area contributed by atoms with Crippen LogP contribution >= 0.6 is 11.3 Å². The average molecular weight is 364 g/mol. The third-order valence-electron chi connectivity index (χ3n) is 4.12. The molecule has 0 aliphatic heterocycles. The number of ether oxygens (including phenoxy) is 1. The molecule has 0 fully saturated rings. The van der Waals surface area contributed by atoms with Crippen molar-refractivity contribution in [1.29, 1.82) is 0 Å². The van der Waals surface area contributed by atoms with Gasteiger partial charge in [-0.3, -0.25) is 14.3 Å². The van der Waals surface area contributed by atoms with Crippen LogP contribution in [0.3, 0.4) is 0 Å². The summed E-state index contributed by atoms with van der Waals surface area (Å²) in [5, 5.41) is 1.91. The van der Waals surface area contributed by atoms with Crippen molar-refractivity contribution in [3.8, 4) is 11.1 Å². The number of thiophene rings is 1. The molecule has 0 saturated carbocycles. The number of nitrogens with zero attached hydrogens (tertiary/aromatic N) is 1. The van der Waals surface area contributed by atoms with Gasteiger partial charge in [-0.15, -0.1) is 11.3 Å². The molecular weight excluding hydrogens is 348 g/mol. The van der Waals surface area contributed by atoms with Crippen molar-refractivity contribution < 1.29 is 4.74 Å². The van der Waals surface area contributed by atoms with E-state index in [4.69, 9.17) is 4.74 Å². The van der Waals surface area contributed by atoms with E-state index in [2.05, 4.69) is 4.98 Å². The number of hydrogen-bond acceptors (Lipinski definition) is 4. The van der Waals surface area contributed by atoms with Gasteiger partial charge in [0, 0.05) is 10.9 Å². The van der Waals surface area contributed by atoms with Gasteiger partial charge in [-0.05, 0) is 11.1 Å². The lowest BCUT2D eigenvalue weighted by molar-refractivity contribution is 0.0638. The molecule has 0 amide bonds. The molecule has 0 saturated heterocycles. The van der Waals surface area contributed by atoms with E-state index in [9.17, 15) is 9.59 Å². The summed E-state index contributed by atoms with van der Waals surface area (Å²) in [6, 6.07) is 19.5. The van der Waals surface area contributed by atoms with E-state index in [1.165, 1.54) is 15.9 Å². The molecule has 4 rings (SSSR count). The molecule has 0 bridgehead atoms. The van der Waals surface area contributed by atoms with Gasteiger partial charge in [0.1, 0.15) is 11.4 Å². The lowest BCUT2D eigenvalue weighted by Crippen LogP contribution is -2.30. The highest BCUT2D eigenvalue weighted by Gasteiger charge is 2.15. The highest BCUT2D eigenvalue weighted by Crippen LogP contribution is 2.31. The Morgan fingerprint density at radius 1 is 0.962 bits per heavy atom. The lowest BCUT2D eigenvalue weighted by atomic mass is 10.1. The smallest absolute Gasteiger partial charge is 0.330 e. The predicted molar refractivity (Wildman–Crippen MR) is 103 cm³/mol. The summed E-state index contributed by atoms with van der Waals surface area (Å²) >= 11 is 1.33. The first kappa shape index (κ1) is 16.5. The van der Waals surface area contributed by atoms with Crippen LogP contribution in [0.5, 0.6) is 0 Å². The second-order valence-electron chi connectivity index (χ2n) is 5.84. The maximum Gasteiger partial charge on any atom is 0.330 e. The second kappa shape index (κ2) is 7.11. The summed E-state index contributed by atoms with van der Waals surface area (Å²) in [4.78, 5) is 27.0. The molecule has 0 aliphatic carbocycles. The molecule has 130 valence electrons. The van der Waals surface area contributed by atoms with E-state index >= 15 is 0 Å². The molecule has 0 spiro atoms. The maximum absolute atomic E-state index is 12.4. The van der Waals surface area contributed by atoms with Crippen molar-refractivity contribution in [2.75, 3.05) is 0 Å². The highest BCUT2D eigenvalue weighted by molar-refractivity contribution is 7.17. The SMILES string of the molecule is O=c1[nH]c(=O)n(COCc2ccccc2)c2c(-c3ccccc3)csc12. The van der Waals surface area contributed by atoms with Gasteiger partial charge in [0.2, 0.25) is 0 Å². The molecule has 1 N–H and O–H groups in total. The molecule has 5 nitrogen and oxygen atoms in total. The summed E-state index contributed by atoms with van der Waals surface area (Å²) in [7, 11) is 0. The van der Waals surface area contributed by atoms with E-state index in [1.54, 1.807) is 0 Å². The number of benzene rings is 2. The topological polar surface area (TPSA) is 64.1 Å². The second-order valence-corrected chi connectivity index (χ2v) is 6.72. The van der Waals surface area contributed by atoms with Crippen LogP contribution in [0.1, 0.15) is 5.56 Å². The van der Waals surface area contributed by atoms with Crippen LogP contribution in [0.25, 0.3) is 21.3 Å². The van der Waals surface area contributed by atoms with Gasteiger partial charge in [-0.2, -0.15) is 0 Å². The van der Waals surface area contributed by atoms with Crippen LogP contribution in [0.15, 0.2) is 75.6 Å². The summed E-state index contributed by atoms with van der Waals surface area (Å²) in [6.07, 6.45) is 0. The van der Waals surface area contributed by atoms with Gasteiger partial charge < -0.3 is 4.74 Å². The largest absolute Gasteiger partial charge is 0.356 e. The van der Waals surface area contributed by atoms with Crippen LogP contribution in [-0.4, -0.2) is 9.55 Å². The zero-order chi connectivity index (χ0) is 17.9. The molecular formula is C20H16N2O3S. The molecule has 4 aromatic rings. The number of hydrogen-bond donors (Lipinski definition) is 1. The monoisotopic (exact) mass is 364 g/mol. The fourth-order valence-corrected chi connectivity index (χ4v) is 3.85. The number of aromatic nitrogens is 2. The van der Waals surface area contributed by atoms with Gasteiger partial charge in [-0.25, -0.2) is 4.79 Å². The zero-order valence-electron chi connectivity index (χ0n) is 13.8. The summed E-state index contributed by atoms with van der Waals surface area (Å²) in [5.74, 6) is 0. The van der Waals surface area contributed by atoms with Gasteiger partial charge in [0.25, 0.3) is 5.56 Å². The molecule has 0 atom stereocenters. The van der Waals surface area contributed by atoms with Crippen molar-refractivity contribution in [2.45, 2.75) is 13.3 Å². The minimum Gasteiger partial charge on any atom is -0.356 e. The quantitative estimate of drug-likeness (QED) is 0.589. The molecule has 0 radical (unpaired) electrons. The minimum atomic E-state index is -0.467. The van der Waals surface area contributed by atoms with Crippen molar-refractivity contribution in [3.63, 3.8) is 0 Å². The maximum atomic E-state index is 12.4. The first-order valence-corrected chi connectivity index (χ1v) is 9.03. The molecule has 2 heterocycles. The fraction of sp³-hybridized carbons (Fsp3) is 0.100. The Labute approximate surface area is 153 Å². The zero-order valence-corrected chi connectivity index (χ0v) is 14.7. The standard InChI is InChI=1S/C20H16N2O3S/c23-19-18-17(16(12-26-18)15-9-5-2-6-10-15)22(20(24)21-19)13-25-11-14-7-3-1-4-8-14/h1-10,12H,11,13H2,(H,21,23,24). The number of aromatic amines is 1. The van der Waals surface area contributed by atoms with E-state index in [0.717, 1.165) is 16.7 Å². The fourth-order valence-electron chi connectivity index (χ4n) is 2.88. The summed E-state index contributed by atoms with van der Waals surface area (Å²) < 4.78 is 7.75. The Balaban J connectivity index is 1.75. The highest BCUT2D eigenvalue weighted by atomic mass is 32.1. The number of nitrogens with one attached hydrogen (secondary N) is 1. The van der Waals surface area contributed by atoms with Crippen LogP contribution in [0.4, 0.5) is 0 Å². The van der Waals surface area contributed by atoms with E-state index in [1.807, 2.05) is 66.0 Å². The Hall–Kier alpha value is -2.96. The van der Waals surface area contributed by atoms with Crippen molar-refractivity contribution in [1.82, 2.24) is 9.55 Å². The molecule has 2 aromatic carbocycles. The van der Waals surface area contributed by atoms with Gasteiger partial charge in [0.15, 0.2) is 0 Å². The van der Waals surface area contributed by atoms with E-state index in [-0.39, 0.29) is 12.3 Å². The predicted octanol–water partition coefficient (Wildman–Crippen LogP) is 3.59. The van der Waals surface area contributed by atoms with Gasteiger partial charge in [0.05, 0.1) is 12.1 Å². The average Bonchev–Trinajstić information content (AvgIpc) is 3.11. The Kier molecular flexibility index (Phi) is 4.51. The van der Waals surface area contributed by atoms with Crippen LogP contribution in [-0.2, 0) is 18.1 Å². The van der Waals surface area contributed by atoms with Crippen molar-refractivity contribution in [3.05, 3.63) is 92.4 Å². The van der Waals surface area contributed by atoms with Gasteiger partial charge >= 0.3 is 5.69 Å². The van der Waals surface area contributed by atoms with Crippen molar-refractivity contribution in [2.24, 2.45) is 0 Å². The van der Waals surface area contributed by atoms with E-state index in [0.29, 0.717) is 16.8 Å². The Bertz CT molecular complexity index is 1140. The normalized spacial score (nSPS) is 11.1. The molecule has 6 heteroatoms. The van der Waals surface area contributed by atoms with Crippen LogP contribution in [0.2, 0.25) is 0 Å².